The Morgan fingerprint density at radius 2 is 1.81 bits per heavy atom. The number of carbonyl (C=O) groups excluding carboxylic acids is 1. The minimum Gasteiger partial charge on any atom is -0.495 e. The highest BCUT2D eigenvalue weighted by molar-refractivity contribution is 6.33. The van der Waals surface area contributed by atoms with Gasteiger partial charge in [-0.2, -0.15) is 4.98 Å². The van der Waals surface area contributed by atoms with Gasteiger partial charge in [0.2, 0.25) is 5.95 Å². The largest absolute Gasteiger partial charge is 0.495 e. The smallest absolute Gasteiger partial charge is 0.409 e. The molecule has 1 aliphatic heterocycles. The van der Waals surface area contributed by atoms with E-state index in [9.17, 15) is 4.79 Å². The lowest BCUT2D eigenvalue weighted by Gasteiger charge is -2.30. The van der Waals surface area contributed by atoms with Gasteiger partial charge in [0.05, 0.1) is 56.4 Å². The summed E-state index contributed by atoms with van der Waals surface area (Å²) < 4.78 is 21.3. The van der Waals surface area contributed by atoms with Gasteiger partial charge in [-0.05, 0) is 18.2 Å². The second-order valence-electron chi connectivity index (χ2n) is 7.63. The van der Waals surface area contributed by atoms with Crippen LogP contribution in [0.25, 0.3) is 0 Å². The van der Waals surface area contributed by atoms with Crippen molar-refractivity contribution in [2.24, 2.45) is 5.73 Å². The third-order valence-corrected chi connectivity index (χ3v) is 5.61. The maximum absolute atomic E-state index is 11.1. The molecule has 1 amide bonds. The van der Waals surface area contributed by atoms with E-state index in [4.69, 9.17) is 42.0 Å². The van der Waals surface area contributed by atoms with Crippen LogP contribution < -0.4 is 41.2 Å². The van der Waals surface area contributed by atoms with E-state index >= 15 is 0 Å². The molecule has 12 nitrogen and oxygen atoms in total. The number of rotatable bonds is 8. The van der Waals surface area contributed by atoms with Gasteiger partial charge in [0.15, 0.2) is 5.82 Å². The third kappa shape index (κ3) is 5.73. The Balaban J connectivity index is 1.60. The van der Waals surface area contributed by atoms with Crippen molar-refractivity contribution in [2.45, 2.75) is 0 Å². The number of aromatic nitrogens is 2. The number of ether oxygens (including phenoxy) is 4. The van der Waals surface area contributed by atoms with Gasteiger partial charge in [0.25, 0.3) is 0 Å². The second kappa shape index (κ2) is 11.1. The maximum Gasteiger partial charge on any atom is 0.409 e. The summed E-state index contributed by atoms with van der Waals surface area (Å²) >= 11 is 6.34. The number of nitrogen functional groups attached to an aromatic ring is 1. The summed E-state index contributed by atoms with van der Waals surface area (Å²) in [6.07, 6.45) is 0.499. The molecule has 1 saturated heterocycles. The Bertz CT molecular complexity index is 1250. The Labute approximate surface area is 212 Å². The van der Waals surface area contributed by atoms with Gasteiger partial charge in [-0.3, -0.25) is 0 Å². The first-order valence-electron chi connectivity index (χ1n) is 10.9. The average molecular weight is 516 g/mol. The number of halogens is 1. The predicted octanol–water partition coefficient (Wildman–Crippen LogP) is 3.51. The van der Waals surface area contributed by atoms with E-state index < -0.39 is 6.09 Å². The first-order valence-corrected chi connectivity index (χ1v) is 11.3. The molecule has 0 aliphatic carbocycles. The highest BCUT2D eigenvalue weighted by Crippen LogP contribution is 2.38. The number of nitrogens with one attached hydrogen (secondary N) is 2. The highest BCUT2D eigenvalue weighted by atomic mass is 35.5. The van der Waals surface area contributed by atoms with E-state index in [1.165, 1.54) is 19.4 Å². The molecule has 4 rings (SSSR count). The van der Waals surface area contributed by atoms with Crippen LogP contribution in [-0.4, -0.2) is 56.6 Å². The van der Waals surface area contributed by atoms with Crippen molar-refractivity contribution in [1.29, 1.82) is 0 Å². The first-order chi connectivity index (χ1) is 17.4. The van der Waals surface area contributed by atoms with E-state index in [-0.39, 0.29) is 22.5 Å². The minimum absolute atomic E-state index is 0.217. The van der Waals surface area contributed by atoms with E-state index in [2.05, 4.69) is 25.5 Å². The fraction of sp³-hybridized carbons (Fsp3) is 0.261. The molecule has 13 heteroatoms. The number of nitrogens with two attached hydrogens (primary N) is 2. The molecule has 36 heavy (non-hydrogen) atoms. The summed E-state index contributed by atoms with van der Waals surface area (Å²) in [7, 11) is 3.07. The molecule has 190 valence electrons. The van der Waals surface area contributed by atoms with E-state index in [1.54, 1.807) is 25.3 Å². The van der Waals surface area contributed by atoms with Crippen LogP contribution in [0.1, 0.15) is 0 Å². The Morgan fingerprint density at radius 1 is 1.08 bits per heavy atom. The van der Waals surface area contributed by atoms with Crippen LogP contribution in [-0.2, 0) is 4.74 Å². The molecule has 6 N–H and O–H groups in total. The SMILES string of the molecule is COc1cc(N2CCOCC2)c(N)cc1Nc1ncc(Cl)c(Nc2cc(OC(N)=O)ccc2OC)n1. The number of benzene rings is 2. The number of nitrogens with zero attached hydrogens (tertiary/aromatic N) is 3. The van der Waals surface area contributed by atoms with Gasteiger partial charge in [0.1, 0.15) is 22.3 Å². The van der Waals surface area contributed by atoms with Gasteiger partial charge in [0, 0.05) is 25.2 Å². The number of anilines is 6. The van der Waals surface area contributed by atoms with Crippen LogP contribution in [0.2, 0.25) is 5.02 Å². The highest BCUT2D eigenvalue weighted by Gasteiger charge is 2.18. The quantitative estimate of drug-likeness (QED) is 0.325. The fourth-order valence-corrected chi connectivity index (χ4v) is 3.80. The predicted molar refractivity (Wildman–Crippen MR) is 137 cm³/mol. The van der Waals surface area contributed by atoms with E-state index in [1.807, 2.05) is 6.07 Å². The average Bonchev–Trinajstić information content (AvgIpc) is 2.86. The summed E-state index contributed by atoms with van der Waals surface area (Å²) in [6, 6.07) is 8.32. The van der Waals surface area contributed by atoms with Crippen molar-refractivity contribution in [2.75, 3.05) is 61.8 Å². The Hall–Kier alpha value is -4.16. The van der Waals surface area contributed by atoms with Crippen molar-refractivity contribution in [3.05, 3.63) is 41.6 Å². The molecule has 3 aromatic rings. The molecule has 2 heterocycles. The summed E-state index contributed by atoms with van der Waals surface area (Å²) in [6.45, 7) is 2.76. The van der Waals surface area contributed by atoms with Gasteiger partial charge in [-0.1, -0.05) is 11.6 Å². The van der Waals surface area contributed by atoms with Crippen molar-refractivity contribution in [1.82, 2.24) is 9.97 Å². The van der Waals surface area contributed by atoms with Crippen molar-refractivity contribution >= 4 is 52.2 Å². The van der Waals surface area contributed by atoms with E-state index in [0.717, 1.165) is 18.8 Å². The molecule has 1 aliphatic rings. The lowest BCUT2D eigenvalue weighted by molar-refractivity contribution is 0.122. The zero-order chi connectivity index (χ0) is 25.7. The van der Waals surface area contributed by atoms with Crippen LogP contribution in [0.4, 0.5) is 39.3 Å². The first kappa shape index (κ1) is 24.9. The lowest BCUT2D eigenvalue weighted by Crippen LogP contribution is -2.36. The van der Waals surface area contributed by atoms with Crippen molar-refractivity contribution in [3.63, 3.8) is 0 Å². The monoisotopic (exact) mass is 515 g/mol. The van der Waals surface area contributed by atoms with Crippen LogP contribution in [0.5, 0.6) is 17.2 Å². The summed E-state index contributed by atoms with van der Waals surface area (Å²) in [5.41, 5.74) is 13.9. The topological polar surface area (TPSA) is 159 Å². The van der Waals surface area contributed by atoms with Gasteiger partial charge >= 0.3 is 6.09 Å². The Morgan fingerprint density at radius 3 is 2.50 bits per heavy atom. The number of methoxy groups -OCH3 is 2. The van der Waals surface area contributed by atoms with Crippen LogP contribution in [0.15, 0.2) is 36.5 Å². The molecule has 1 aromatic heterocycles. The number of morpholine rings is 1. The summed E-state index contributed by atoms with van der Waals surface area (Å²) in [5.74, 6) is 1.76. The third-order valence-electron chi connectivity index (χ3n) is 5.33. The summed E-state index contributed by atoms with van der Waals surface area (Å²) in [5, 5.41) is 6.44. The van der Waals surface area contributed by atoms with Gasteiger partial charge in [-0.15, -0.1) is 0 Å². The van der Waals surface area contributed by atoms with Crippen LogP contribution in [0.3, 0.4) is 0 Å². The fourth-order valence-electron chi connectivity index (χ4n) is 3.66. The van der Waals surface area contributed by atoms with Crippen molar-refractivity contribution < 1.29 is 23.7 Å². The molecule has 0 unspecified atom stereocenters. The molecule has 0 atom stereocenters. The zero-order valence-electron chi connectivity index (χ0n) is 19.7. The Kier molecular flexibility index (Phi) is 7.66. The van der Waals surface area contributed by atoms with Gasteiger partial charge < -0.3 is 45.9 Å². The number of carbonyl (C=O) groups is 1. The second-order valence-corrected chi connectivity index (χ2v) is 8.04. The lowest BCUT2D eigenvalue weighted by atomic mass is 10.2. The normalized spacial score (nSPS) is 13.1. The molecule has 2 aromatic carbocycles. The zero-order valence-corrected chi connectivity index (χ0v) is 20.5. The number of amides is 1. The van der Waals surface area contributed by atoms with Crippen LogP contribution >= 0.6 is 11.6 Å². The minimum atomic E-state index is -0.939. The maximum atomic E-state index is 11.1. The standard InChI is InChI=1S/C23H26ClN7O5/c1-33-19-4-3-13(36-22(26)32)9-16(19)28-21-14(24)12-27-23(30-21)29-17-10-15(25)18(11-20(17)34-2)31-5-7-35-8-6-31/h3-4,9-12H,5-8,25H2,1-2H3,(H2,26,32)(H2,27,28,29,30). The molecule has 1 fully saturated rings. The number of hydrogen-bond donors (Lipinski definition) is 4. The molecule has 0 spiro atoms. The molecule has 0 bridgehead atoms. The van der Waals surface area contributed by atoms with E-state index in [0.29, 0.717) is 41.8 Å². The number of hydrogen-bond acceptors (Lipinski definition) is 11. The van der Waals surface area contributed by atoms with Gasteiger partial charge in [-0.25, -0.2) is 9.78 Å². The molecule has 0 radical (unpaired) electrons. The van der Waals surface area contributed by atoms with Crippen LogP contribution in [0, 0.1) is 0 Å². The van der Waals surface area contributed by atoms with Crippen molar-refractivity contribution in [3.8, 4) is 17.2 Å². The number of primary amides is 1. The molecular formula is C23H26ClN7O5. The molecular weight excluding hydrogens is 490 g/mol. The summed E-state index contributed by atoms with van der Waals surface area (Å²) in [4.78, 5) is 22.0. The molecule has 0 saturated carbocycles.